The Morgan fingerprint density at radius 1 is 1.19 bits per heavy atom. The zero-order valence-corrected chi connectivity index (χ0v) is 13.8. The standard InChI is InChI=1S/C14H22N4O2S/c1-14(2,3)20-13(19)18-7-5-17(6-8-18)12-15-9-11(21-4)10-16-12/h9-10H,5-8H2,1-4H3. The molecule has 6 nitrogen and oxygen atoms in total. The molecule has 1 aliphatic heterocycles. The molecule has 1 fully saturated rings. The van der Waals surface area contributed by atoms with Crippen LogP contribution in [0.3, 0.4) is 0 Å². The molecule has 1 amide bonds. The quantitative estimate of drug-likeness (QED) is 0.781. The molecule has 0 unspecified atom stereocenters. The van der Waals surface area contributed by atoms with E-state index in [4.69, 9.17) is 4.74 Å². The third-order valence-corrected chi connectivity index (χ3v) is 3.75. The van der Waals surface area contributed by atoms with Gasteiger partial charge in [0.2, 0.25) is 5.95 Å². The molecule has 1 aromatic rings. The van der Waals surface area contributed by atoms with Crippen LogP contribution in [0.25, 0.3) is 0 Å². The van der Waals surface area contributed by atoms with Crippen LogP contribution in [-0.4, -0.2) is 59.0 Å². The average molecular weight is 310 g/mol. The number of hydrogen-bond donors (Lipinski definition) is 0. The number of piperazine rings is 1. The van der Waals surface area contributed by atoms with E-state index in [0.717, 1.165) is 23.9 Å². The van der Waals surface area contributed by atoms with Gasteiger partial charge in [0.25, 0.3) is 0 Å². The molecule has 0 saturated carbocycles. The van der Waals surface area contributed by atoms with Crippen molar-refractivity contribution in [2.45, 2.75) is 31.3 Å². The van der Waals surface area contributed by atoms with Crippen molar-refractivity contribution < 1.29 is 9.53 Å². The van der Waals surface area contributed by atoms with Crippen LogP contribution in [0.4, 0.5) is 10.7 Å². The van der Waals surface area contributed by atoms with Crippen LogP contribution >= 0.6 is 11.8 Å². The summed E-state index contributed by atoms with van der Waals surface area (Å²) in [4.78, 5) is 25.6. The minimum Gasteiger partial charge on any atom is -0.444 e. The fourth-order valence-corrected chi connectivity index (χ4v) is 2.31. The smallest absolute Gasteiger partial charge is 0.410 e. The topological polar surface area (TPSA) is 58.6 Å². The highest BCUT2D eigenvalue weighted by Gasteiger charge is 2.26. The number of hydrogen-bond acceptors (Lipinski definition) is 6. The number of aromatic nitrogens is 2. The molecule has 0 N–H and O–H groups in total. The number of carbonyl (C=O) groups is 1. The van der Waals surface area contributed by atoms with Gasteiger partial charge in [-0.15, -0.1) is 11.8 Å². The summed E-state index contributed by atoms with van der Waals surface area (Å²) in [6, 6.07) is 0. The second-order valence-electron chi connectivity index (χ2n) is 5.88. The SMILES string of the molecule is CSc1cnc(N2CCN(C(=O)OC(C)(C)C)CC2)nc1. The monoisotopic (exact) mass is 310 g/mol. The molecule has 21 heavy (non-hydrogen) atoms. The van der Waals surface area contributed by atoms with E-state index in [9.17, 15) is 4.79 Å². The van der Waals surface area contributed by atoms with E-state index in [-0.39, 0.29) is 6.09 Å². The van der Waals surface area contributed by atoms with E-state index in [1.807, 2.05) is 39.4 Å². The lowest BCUT2D eigenvalue weighted by molar-refractivity contribution is 0.0240. The van der Waals surface area contributed by atoms with Crippen molar-refractivity contribution >= 4 is 23.8 Å². The predicted molar refractivity (Wildman–Crippen MR) is 83.8 cm³/mol. The molecule has 2 heterocycles. The van der Waals surface area contributed by atoms with Gasteiger partial charge >= 0.3 is 6.09 Å². The first-order valence-electron chi connectivity index (χ1n) is 6.98. The summed E-state index contributed by atoms with van der Waals surface area (Å²) < 4.78 is 5.38. The molecule has 116 valence electrons. The summed E-state index contributed by atoms with van der Waals surface area (Å²) in [5, 5.41) is 0. The Bertz CT molecular complexity index is 479. The first-order chi connectivity index (χ1) is 9.89. The second-order valence-corrected chi connectivity index (χ2v) is 6.76. The highest BCUT2D eigenvalue weighted by atomic mass is 32.2. The van der Waals surface area contributed by atoms with Crippen molar-refractivity contribution in [1.29, 1.82) is 0 Å². The van der Waals surface area contributed by atoms with Crippen LogP contribution in [0.1, 0.15) is 20.8 Å². The summed E-state index contributed by atoms with van der Waals surface area (Å²) in [5.41, 5.74) is -0.453. The number of rotatable bonds is 2. The molecule has 1 aromatic heterocycles. The third-order valence-electron chi connectivity index (χ3n) is 3.06. The van der Waals surface area contributed by atoms with Crippen LogP contribution in [0.5, 0.6) is 0 Å². The van der Waals surface area contributed by atoms with E-state index in [0.29, 0.717) is 13.1 Å². The lowest BCUT2D eigenvalue weighted by Gasteiger charge is -2.35. The number of amides is 1. The minimum atomic E-state index is -0.453. The van der Waals surface area contributed by atoms with Crippen molar-refractivity contribution in [3.05, 3.63) is 12.4 Å². The highest BCUT2D eigenvalue weighted by Crippen LogP contribution is 2.17. The Hall–Kier alpha value is -1.50. The normalized spacial score (nSPS) is 16.0. The van der Waals surface area contributed by atoms with Gasteiger partial charge in [-0.1, -0.05) is 0 Å². The Morgan fingerprint density at radius 2 is 1.76 bits per heavy atom. The molecule has 0 aromatic carbocycles. The van der Waals surface area contributed by atoms with Crippen molar-refractivity contribution in [3.63, 3.8) is 0 Å². The summed E-state index contributed by atoms with van der Waals surface area (Å²) in [7, 11) is 0. The molecule has 7 heteroatoms. The van der Waals surface area contributed by atoms with Gasteiger partial charge in [0, 0.05) is 43.5 Å². The lowest BCUT2D eigenvalue weighted by Crippen LogP contribution is -2.50. The molecule has 1 aliphatic rings. The van der Waals surface area contributed by atoms with Gasteiger partial charge in [0.15, 0.2) is 0 Å². The van der Waals surface area contributed by atoms with Gasteiger partial charge in [-0.25, -0.2) is 14.8 Å². The van der Waals surface area contributed by atoms with E-state index >= 15 is 0 Å². The molecule has 0 radical (unpaired) electrons. The van der Waals surface area contributed by atoms with Crippen LogP contribution < -0.4 is 4.90 Å². The molecular formula is C14H22N4O2S. The van der Waals surface area contributed by atoms with Gasteiger partial charge in [-0.05, 0) is 27.0 Å². The largest absolute Gasteiger partial charge is 0.444 e. The van der Waals surface area contributed by atoms with Crippen molar-refractivity contribution in [2.75, 3.05) is 37.3 Å². The average Bonchev–Trinajstić information content (AvgIpc) is 2.46. The van der Waals surface area contributed by atoms with Crippen LogP contribution in [0, 0.1) is 0 Å². The maximum Gasteiger partial charge on any atom is 0.410 e. The summed E-state index contributed by atoms with van der Waals surface area (Å²) in [5.74, 6) is 0.719. The number of nitrogens with zero attached hydrogens (tertiary/aromatic N) is 4. The summed E-state index contributed by atoms with van der Waals surface area (Å²) in [6.07, 6.45) is 5.40. The van der Waals surface area contributed by atoms with Crippen LogP contribution in [0.2, 0.25) is 0 Å². The maximum atomic E-state index is 12.0. The highest BCUT2D eigenvalue weighted by molar-refractivity contribution is 7.98. The van der Waals surface area contributed by atoms with Crippen LogP contribution in [0.15, 0.2) is 17.3 Å². The molecule has 0 atom stereocenters. The first-order valence-corrected chi connectivity index (χ1v) is 8.20. The Morgan fingerprint density at radius 3 is 2.24 bits per heavy atom. The van der Waals surface area contributed by atoms with Crippen molar-refractivity contribution in [2.24, 2.45) is 0 Å². The Labute approximate surface area is 129 Å². The third kappa shape index (κ3) is 4.49. The number of ether oxygens (including phenoxy) is 1. The van der Waals surface area contributed by atoms with Gasteiger partial charge in [-0.2, -0.15) is 0 Å². The van der Waals surface area contributed by atoms with E-state index < -0.39 is 5.60 Å². The minimum absolute atomic E-state index is 0.249. The predicted octanol–water partition coefficient (Wildman–Crippen LogP) is 2.26. The zero-order valence-electron chi connectivity index (χ0n) is 13.0. The van der Waals surface area contributed by atoms with Gasteiger partial charge in [-0.3, -0.25) is 0 Å². The van der Waals surface area contributed by atoms with Crippen LogP contribution in [-0.2, 0) is 4.74 Å². The van der Waals surface area contributed by atoms with E-state index in [1.54, 1.807) is 16.7 Å². The van der Waals surface area contributed by atoms with Crippen molar-refractivity contribution in [3.8, 4) is 0 Å². The molecule has 2 rings (SSSR count). The zero-order chi connectivity index (χ0) is 15.5. The maximum absolute atomic E-state index is 12.0. The Kier molecular flexibility index (Phi) is 4.92. The molecule has 0 aliphatic carbocycles. The Balaban J connectivity index is 1.89. The molecule has 1 saturated heterocycles. The molecular weight excluding hydrogens is 288 g/mol. The van der Waals surface area contributed by atoms with Gasteiger partial charge in [0.05, 0.1) is 0 Å². The van der Waals surface area contributed by atoms with Gasteiger partial charge in [0.1, 0.15) is 5.60 Å². The van der Waals surface area contributed by atoms with E-state index in [1.165, 1.54) is 0 Å². The van der Waals surface area contributed by atoms with Crippen molar-refractivity contribution in [1.82, 2.24) is 14.9 Å². The van der Waals surface area contributed by atoms with E-state index in [2.05, 4.69) is 14.9 Å². The second kappa shape index (κ2) is 6.51. The summed E-state index contributed by atoms with van der Waals surface area (Å²) >= 11 is 1.62. The number of carbonyl (C=O) groups excluding carboxylic acids is 1. The molecule has 0 spiro atoms. The fraction of sp³-hybridized carbons (Fsp3) is 0.643. The fourth-order valence-electron chi connectivity index (χ4n) is 1.99. The first kappa shape index (κ1) is 15.9. The van der Waals surface area contributed by atoms with Gasteiger partial charge < -0.3 is 14.5 Å². The number of anilines is 1. The lowest BCUT2D eigenvalue weighted by atomic mass is 10.2. The summed E-state index contributed by atoms with van der Waals surface area (Å²) in [6.45, 7) is 8.33. The number of thioether (sulfide) groups is 1. The molecule has 0 bridgehead atoms.